The van der Waals surface area contributed by atoms with Crippen molar-refractivity contribution in [3.8, 4) is 0 Å². The van der Waals surface area contributed by atoms with Crippen molar-refractivity contribution in [3.05, 3.63) is 0 Å². The summed E-state index contributed by atoms with van der Waals surface area (Å²) in [4.78, 5) is 4.24. The summed E-state index contributed by atoms with van der Waals surface area (Å²) >= 11 is 0. The molecule has 5 nitrogen and oxygen atoms in total. The van der Waals surface area contributed by atoms with Crippen LogP contribution in [0.2, 0.25) is 0 Å². The zero-order chi connectivity index (χ0) is 15.9. The molecule has 0 heterocycles. The first kappa shape index (κ1) is 19.2. The van der Waals surface area contributed by atoms with E-state index in [9.17, 15) is 0 Å². The molecule has 1 aliphatic carbocycles. The lowest BCUT2D eigenvalue weighted by Crippen LogP contribution is -2.39. The number of unbranched alkanes of at least 4 members (excludes halogenated alkanes) is 2. The Balaban J connectivity index is 1.98. The molecule has 1 aliphatic rings. The van der Waals surface area contributed by atoms with Crippen molar-refractivity contribution < 1.29 is 9.47 Å². The van der Waals surface area contributed by atoms with Gasteiger partial charge in [-0.25, -0.2) is 0 Å². The van der Waals surface area contributed by atoms with Crippen molar-refractivity contribution in [3.63, 3.8) is 0 Å². The van der Waals surface area contributed by atoms with Crippen LogP contribution < -0.4 is 10.6 Å². The van der Waals surface area contributed by atoms with Gasteiger partial charge in [-0.2, -0.15) is 0 Å². The number of nitrogens with one attached hydrogen (secondary N) is 2. The number of guanidine groups is 1. The van der Waals surface area contributed by atoms with E-state index >= 15 is 0 Å². The van der Waals surface area contributed by atoms with Gasteiger partial charge in [0.25, 0.3) is 0 Å². The first-order chi connectivity index (χ1) is 10.9. The second kappa shape index (κ2) is 13.8. The molecule has 5 heteroatoms. The maximum Gasteiger partial charge on any atom is 0.191 e. The highest BCUT2D eigenvalue weighted by atomic mass is 16.5. The van der Waals surface area contributed by atoms with Crippen LogP contribution in [0.1, 0.15) is 57.8 Å². The molecule has 0 unspecified atom stereocenters. The third-order valence-electron chi connectivity index (χ3n) is 4.09. The van der Waals surface area contributed by atoms with Crippen LogP contribution in [0.4, 0.5) is 0 Å². The van der Waals surface area contributed by atoms with Crippen molar-refractivity contribution in [2.24, 2.45) is 4.99 Å². The molecule has 0 bridgehead atoms. The molecule has 0 saturated heterocycles. The fraction of sp³-hybridized carbons (Fsp3) is 0.941. The summed E-state index contributed by atoms with van der Waals surface area (Å²) in [6.45, 7) is 3.39. The Morgan fingerprint density at radius 3 is 2.36 bits per heavy atom. The molecule has 1 fully saturated rings. The Morgan fingerprint density at radius 2 is 1.68 bits per heavy atom. The van der Waals surface area contributed by atoms with Crippen molar-refractivity contribution >= 4 is 5.96 Å². The molecule has 0 aliphatic heterocycles. The molecule has 1 saturated carbocycles. The third kappa shape index (κ3) is 10.0. The molecule has 0 aromatic carbocycles. The van der Waals surface area contributed by atoms with Crippen LogP contribution in [0.3, 0.4) is 0 Å². The molecule has 0 amide bonds. The second-order valence-corrected chi connectivity index (χ2v) is 5.96. The molecule has 0 atom stereocenters. The molecule has 0 radical (unpaired) electrons. The number of rotatable bonds is 10. The Hall–Kier alpha value is -0.810. The molecule has 2 N–H and O–H groups in total. The van der Waals surface area contributed by atoms with Crippen LogP contribution in [0.5, 0.6) is 0 Å². The molecule has 130 valence electrons. The summed E-state index contributed by atoms with van der Waals surface area (Å²) < 4.78 is 11.0. The summed E-state index contributed by atoms with van der Waals surface area (Å²) in [6.07, 6.45) is 11.8. The highest BCUT2D eigenvalue weighted by Crippen LogP contribution is 2.19. The molecule has 0 spiro atoms. The van der Waals surface area contributed by atoms with E-state index in [2.05, 4.69) is 15.6 Å². The number of hydrogen-bond donors (Lipinski definition) is 2. The van der Waals surface area contributed by atoms with Gasteiger partial charge in [-0.3, -0.25) is 4.99 Å². The summed E-state index contributed by atoms with van der Waals surface area (Å²) in [5.41, 5.74) is 0. The van der Waals surface area contributed by atoms with Gasteiger partial charge in [0.1, 0.15) is 0 Å². The van der Waals surface area contributed by atoms with Gasteiger partial charge in [0.2, 0.25) is 0 Å². The van der Waals surface area contributed by atoms with Crippen molar-refractivity contribution in [1.29, 1.82) is 0 Å². The second-order valence-electron chi connectivity index (χ2n) is 5.96. The number of methoxy groups -OCH3 is 1. The van der Waals surface area contributed by atoms with Gasteiger partial charge in [0, 0.05) is 33.9 Å². The molecular weight excluding hydrogens is 278 g/mol. The Kier molecular flexibility index (Phi) is 12.1. The number of ether oxygens (including phenoxy) is 2. The fourth-order valence-electron chi connectivity index (χ4n) is 2.78. The van der Waals surface area contributed by atoms with E-state index in [1.54, 1.807) is 7.11 Å². The van der Waals surface area contributed by atoms with E-state index in [0.29, 0.717) is 6.10 Å². The van der Waals surface area contributed by atoms with Gasteiger partial charge in [-0.1, -0.05) is 25.7 Å². The van der Waals surface area contributed by atoms with Crippen LogP contribution in [0, 0.1) is 0 Å². The number of hydrogen-bond acceptors (Lipinski definition) is 3. The van der Waals surface area contributed by atoms with Crippen LogP contribution in [0.15, 0.2) is 4.99 Å². The van der Waals surface area contributed by atoms with E-state index < -0.39 is 0 Å². The summed E-state index contributed by atoms with van der Waals surface area (Å²) in [7, 11) is 3.56. The average molecular weight is 313 g/mol. The van der Waals surface area contributed by atoms with Gasteiger partial charge < -0.3 is 20.1 Å². The van der Waals surface area contributed by atoms with Gasteiger partial charge in [-0.05, 0) is 32.1 Å². The Morgan fingerprint density at radius 1 is 0.955 bits per heavy atom. The van der Waals surface area contributed by atoms with Gasteiger partial charge >= 0.3 is 0 Å². The maximum absolute atomic E-state index is 5.97. The SMILES string of the molecule is CN=C(NCCCCCOC)NCCOC1CCCCCC1. The van der Waals surface area contributed by atoms with Crippen LogP contribution in [-0.2, 0) is 9.47 Å². The van der Waals surface area contributed by atoms with Crippen LogP contribution in [0.25, 0.3) is 0 Å². The minimum absolute atomic E-state index is 0.472. The van der Waals surface area contributed by atoms with Crippen molar-refractivity contribution in [2.45, 2.75) is 63.9 Å². The van der Waals surface area contributed by atoms with Gasteiger partial charge in [0.05, 0.1) is 12.7 Å². The predicted molar refractivity (Wildman–Crippen MR) is 92.5 cm³/mol. The highest BCUT2D eigenvalue weighted by molar-refractivity contribution is 5.79. The van der Waals surface area contributed by atoms with Gasteiger partial charge in [-0.15, -0.1) is 0 Å². The standard InChI is InChI=1S/C17H35N3O2/c1-18-17(19-12-8-5-9-14-21-2)20-13-15-22-16-10-6-3-4-7-11-16/h16H,3-15H2,1-2H3,(H2,18,19,20). The lowest BCUT2D eigenvalue weighted by atomic mass is 10.1. The molecule has 0 aromatic heterocycles. The van der Waals surface area contributed by atoms with E-state index in [1.165, 1.54) is 44.9 Å². The topological polar surface area (TPSA) is 54.9 Å². The smallest absolute Gasteiger partial charge is 0.191 e. The minimum Gasteiger partial charge on any atom is -0.385 e. The first-order valence-corrected chi connectivity index (χ1v) is 8.92. The lowest BCUT2D eigenvalue weighted by molar-refractivity contribution is 0.0468. The van der Waals surface area contributed by atoms with Crippen molar-refractivity contribution in [1.82, 2.24) is 10.6 Å². The normalized spacial score (nSPS) is 17.3. The molecular formula is C17H35N3O2. The van der Waals surface area contributed by atoms with E-state index in [4.69, 9.17) is 9.47 Å². The Bertz CT molecular complexity index is 277. The fourth-order valence-corrected chi connectivity index (χ4v) is 2.78. The lowest BCUT2D eigenvalue weighted by Gasteiger charge is -2.16. The van der Waals surface area contributed by atoms with Crippen LogP contribution >= 0.6 is 0 Å². The minimum atomic E-state index is 0.472. The number of nitrogens with zero attached hydrogens (tertiary/aromatic N) is 1. The number of aliphatic imine (C=N–C) groups is 1. The third-order valence-corrected chi connectivity index (χ3v) is 4.09. The van der Waals surface area contributed by atoms with Gasteiger partial charge in [0.15, 0.2) is 5.96 Å². The van der Waals surface area contributed by atoms with Crippen LogP contribution in [-0.4, -0.2) is 52.5 Å². The monoisotopic (exact) mass is 313 g/mol. The largest absolute Gasteiger partial charge is 0.385 e. The average Bonchev–Trinajstić information content (AvgIpc) is 2.81. The zero-order valence-electron chi connectivity index (χ0n) is 14.5. The van der Waals surface area contributed by atoms with E-state index in [-0.39, 0.29) is 0 Å². The van der Waals surface area contributed by atoms with E-state index in [1.807, 2.05) is 7.05 Å². The summed E-state index contributed by atoms with van der Waals surface area (Å²) in [5.74, 6) is 0.871. The zero-order valence-corrected chi connectivity index (χ0v) is 14.5. The maximum atomic E-state index is 5.97. The Labute approximate surface area is 136 Å². The molecule has 0 aromatic rings. The van der Waals surface area contributed by atoms with Crippen molar-refractivity contribution in [2.75, 3.05) is 40.5 Å². The molecule has 1 rings (SSSR count). The van der Waals surface area contributed by atoms with E-state index in [0.717, 1.165) is 45.1 Å². The predicted octanol–water partition coefficient (Wildman–Crippen LogP) is 2.71. The summed E-state index contributed by atoms with van der Waals surface area (Å²) in [5, 5.41) is 6.65. The molecule has 22 heavy (non-hydrogen) atoms. The quantitative estimate of drug-likeness (QED) is 0.282. The highest BCUT2D eigenvalue weighted by Gasteiger charge is 2.11. The summed E-state index contributed by atoms with van der Waals surface area (Å²) in [6, 6.07) is 0. The first-order valence-electron chi connectivity index (χ1n) is 8.92.